The zero-order chi connectivity index (χ0) is 35.4. The highest BCUT2D eigenvalue weighted by Gasteiger charge is 2.38. The molecule has 248 valence electrons. The first-order valence-electron chi connectivity index (χ1n) is 18.1. The number of para-hydroxylation sites is 4. The third-order valence-electron chi connectivity index (χ3n) is 11.4. The Morgan fingerprint density at radius 2 is 0.962 bits per heavy atom. The van der Waals surface area contributed by atoms with Crippen LogP contribution in [0.3, 0.4) is 0 Å². The second-order valence-electron chi connectivity index (χ2n) is 14.7. The average molecular weight is 678 g/mol. The van der Waals surface area contributed by atoms with Gasteiger partial charge in [-0.2, -0.15) is 0 Å². The van der Waals surface area contributed by atoms with E-state index < -0.39 is 0 Å². The van der Waals surface area contributed by atoms with E-state index >= 15 is 0 Å². The molecule has 11 rings (SSSR count). The smallest absolute Gasteiger partial charge is 0.143 e. The van der Waals surface area contributed by atoms with Crippen molar-refractivity contribution >= 4 is 85.0 Å². The molecule has 2 radical (unpaired) electrons. The molecular formula is C49H32BNO2. The second kappa shape index (κ2) is 11.0. The molecule has 0 fully saturated rings. The Morgan fingerprint density at radius 3 is 1.53 bits per heavy atom. The van der Waals surface area contributed by atoms with Crippen LogP contribution in [-0.2, 0) is 5.41 Å². The van der Waals surface area contributed by atoms with E-state index in [0.717, 1.165) is 99.4 Å². The van der Waals surface area contributed by atoms with Gasteiger partial charge in [0.1, 0.15) is 30.2 Å². The van der Waals surface area contributed by atoms with Gasteiger partial charge in [-0.3, -0.25) is 0 Å². The molecule has 0 N–H and O–H groups in total. The van der Waals surface area contributed by atoms with Crippen LogP contribution in [0.5, 0.6) is 0 Å². The molecule has 0 aliphatic carbocycles. The SMILES string of the molecule is [B]c1cccc2cccc(N3c4ccc(-c5cccc6c5oc5ccccc56)cc4C(C)(C)c4cc(-c5cccc6c5oc5ccccc56)ccc43)c12. The third kappa shape index (κ3) is 4.30. The quantitative estimate of drug-likeness (QED) is 0.174. The maximum Gasteiger partial charge on any atom is 0.143 e. The maximum absolute atomic E-state index is 6.78. The first-order valence-corrected chi connectivity index (χ1v) is 18.1. The van der Waals surface area contributed by atoms with Gasteiger partial charge >= 0.3 is 0 Å². The molecule has 4 heteroatoms. The minimum Gasteiger partial charge on any atom is -0.455 e. The Kier molecular flexibility index (Phi) is 6.25. The number of benzene rings is 8. The highest BCUT2D eigenvalue weighted by Crippen LogP contribution is 2.55. The summed E-state index contributed by atoms with van der Waals surface area (Å²) in [7, 11) is 6.78. The number of nitrogens with zero attached hydrogens (tertiary/aromatic N) is 1. The van der Waals surface area contributed by atoms with E-state index in [9.17, 15) is 0 Å². The van der Waals surface area contributed by atoms with Crippen LogP contribution in [0.2, 0.25) is 0 Å². The Labute approximate surface area is 308 Å². The fourth-order valence-corrected chi connectivity index (χ4v) is 8.82. The molecule has 3 heterocycles. The molecule has 0 atom stereocenters. The van der Waals surface area contributed by atoms with Crippen LogP contribution in [0.1, 0.15) is 25.0 Å². The Morgan fingerprint density at radius 1 is 0.472 bits per heavy atom. The molecular weight excluding hydrogens is 645 g/mol. The Hall–Kier alpha value is -6.52. The van der Waals surface area contributed by atoms with Crippen molar-refractivity contribution in [1.82, 2.24) is 0 Å². The van der Waals surface area contributed by atoms with Crippen LogP contribution in [0.4, 0.5) is 17.1 Å². The Balaban J connectivity index is 1.17. The van der Waals surface area contributed by atoms with Crippen molar-refractivity contribution in [3.63, 3.8) is 0 Å². The lowest BCUT2D eigenvalue weighted by Crippen LogP contribution is -2.31. The monoisotopic (exact) mass is 677 g/mol. The third-order valence-corrected chi connectivity index (χ3v) is 11.4. The lowest BCUT2D eigenvalue weighted by molar-refractivity contribution is 0.632. The summed E-state index contributed by atoms with van der Waals surface area (Å²) < 4.78 is 13.1. The van der Waals surface area contributed by atoms with Crippen molar-refractivity contribution in [2.45, 2.75) is 19.3 Å². The minimum absolute atomic E-state index is 0.368. The molecule has 1 aliphatic rings. The topological polar surface area (TPSA) is 29.5 Å². The number of furan rings is 2. The van der Waals surface area contributed by atoms with Gasteiger partial charge in [0, 0.05) is 38.1 Å². The van der Waals surface area contributed by atoms with Crippen molar-refractivity contribution < 1.29 is 8.83 Å². The van der Waals surface area contributed by atoms with Crippen LogP contribution < -0.4 is 10.4 Å². The van der Waals surface area contributed by atoms with Gasteiger partial charge in [0.2, 0.25) is 0 Å². The van der Waals surface area contributed by atoms with Gasteiger partial charge in [-0.25, -0.2) is 0 Å². The lowest BCUT2D eigenvalue weighted by Gasteiger charge is -2.43. The molecule has 53 heavy (non-hydrogen) atoms. The van der Waals surface area contributed by atoms with Gasteiger partial charge in [0.15, 0.2) is 0 Å². The van der Waals surface area contributed by atoms with E-state index in [2.05, 4.69) is 140 Å². The fourth-order valence-electron chi connectivity index (χ4n) is 8.82. The van der Waals surface area contributed by atoms with Gasteiger partial charge in [-0.1, -0.05) is 135 Å². The molecule has 8 aromatic carbocycles. The molecule has 0 bridgehead atoms. The van der Waals surface area contributed by atoms with Crippen LogP contribution >= 0.6 is 0 Å². The predicted octanol–water partition coefficient (Wildman–Crippen LogP) is 12.9. The van der Waals surface area contributed by atoms with E-state index in [1.165, 1.54) is 11.1 Å². The van der Waals surface area contributed by atoms with Gasteiger partial charge in [0.25, 0.3) is 0 Å². The molecule has 0 spiro atoms. The van der Waals surface area contributed by atoms with Crippen LogP contribution in [0, 0.1) is 0 Å². The lowest BCUT2D eigenvalue weighted by atomic mass is 9.72. The van der Waals surface area contributed by atoms with Crippen molar-refractivity contribution in [1.29, 1.82) is 0 Å². The largest absolute Gasteiger partial charge is 0.455 e. The van der Waals surface area contributed by atoms with E-state index in [0.29, 0.717) is 0 Å². The summed E-state index contributed by atoms with van der Waals surface area (Å²) in [4.78, 5) is 2.41. The molecule has 0 saturated carbocycles. The van der Waals surface area contributed by atoms with E-state index in [1.807, 2.05) is 36.4 Å². The number of rotatable bonds is 3. The Bertz CT molecular complexity index is 2960. The number of fused-ring (bicyclic) bond motifs is 9. The maximum atomic E-state index is 6.78. The summed E-state index contributed by atoms with van der Waals surface area (Å²) in [6.07, 6.45) is 0. The summed E-state index contributed by atoms with van der Waals surface area (Å²) in [6, 6.07) is 55.9. The predicted molar refractivity (Wildman–Crippen MR) is 222 cm³/mol. The molecule has 1 aliphatic heterocycles. The highest BCUT2D eigenvalue weighted by atomic mass is 16.3. The van der Waals surface area contributed by atoms with Gasteiger partial charge < -0.3 is 13.7 Å². The van der Waals surface area contributed by atoms with Crippen LogP contribution in [0.15, 0.2) is 167 Å². The summed E-state index contributed by atoms with van der Waals surface area (Å²) in [5.41, 5.74) is 14.1. The summed E-state index contributed by atoms with van der Waals surface area (Å²) >= 11 is 0. The first-order chi connectivity index (χ1) is 26.0. The van der Waals surface area contributed by atoms with Crippen LogP contribution in [0.25, 0.3) is 76.9 Å². The van der Waals surface area contributed by atoms with E-state index in [4.69, 9.17) is 16.7 Å². The van der Waals surface area contributed by atoms with E-state index in [-0.39, 0.29) is 5.41 Å². The first kappa shape index (κ1) is 30.1. The molecule has 0 amide bonds. The molecule has 0 unspecified atom stereocenters. The summed E-state index contributed by atoms with van der Waals surface area (Å²) in [5.74, 6) is 0. The van der Waals surface area contributed by atoms with Gasteiger partial charge in [0.05, 0.1) is 17.1 Å². The number of hydrogen-bond acceptors (Lipinski definition) is 3. The molecule has 0 saturated heterocycles. The highest BCUT2D eigenvalue weighted by molar-refractivity contribution is 6.40. The standard InChI is InChI=1S/C49H32BNO2/c1-49(2)38-27-30(32-15-9-17-36-34-13-3-5-21-44(34)52-47(32)36)23-25-41(38)51(43-20-8-12-29-11-7-19-40(50)46(29)43)42-26-24-31(28-39(42)49)33-16-10-18-37-35-14-4-6-22-45(35)53-48(33)37/h3-28H,1-2H3. The number of anilines is 3. The van der Waals surface area contributed by atoms with Crippen molar-refractivity contribution in [3.8, 4) is 22.3 Å². The molecule has 2 aromatic heterocycles. The van der Waals surface area contributed by atoms with Gasteiger partial charge in [-0.15, -0.1) is 0 Å². The zero-order valence-electron chi connectivity index (χ0n) is 29.4. The molecule has 10 aromatic rings. The summed E-state index contributed by atoms with van der Waals surface area (Å²) in [5, 5.41) is 6.65. The van der Waals surface area contributed by atoms with Crippen molar-refractivity contribution in [3.05, 3.63) is 169 Å². The summed E-state index contributed by atoms with van der Waals surface area (Å²) in [6.45, 7) is 4.69. The normalized spacial score (nSPS) is 13.7. The van der Waals surface area contributed by atoms with E-state index in [1.54, 1.807) is 0 Å². The zero-order valence-corrected chi connectivity index (χ0v) is 29.4. The fraction of sp³-hybridized carbons (Fsp3) is 0.0612. The average Bonchev–Trinajstić information content (AvgIpc) is 3.77. The van der Waals surface area contributed by atoms with Crippen molar-refractivity contribution in [2.75, 3.05) is 4.90 Å². The van der Waals surface area contributed by atoms with Crippen molar-refractivity contribution in [2.24, 2.45) is 0 Å². The second-order valence-corrected chi connectivity index (χ2v) is 14.7. The number of hydrogen-bond donors (Lipinski definition) is 0. The minimum atomic E-state index is -0.368. The van der Waals surface area contributed by atoms with Gasteiger partial charge in [-0.05, 0) is 75.5 Å². The van der Waals surface area contributed by atoms with Crippen LogP contribution in [-0.4, -0.2) is 7.85 Å². The molecule has 3 nitrogen and oxygen atoms in total.